The third-order valence-electron chi connectivity index (χ3n) is 6.95. The molecule has 140 valence electrons. The molecule has 0 spiro atoms. The van der Waals surface area contributed by atoms with Crippen molar-refractivity contribution in [1.29, 1.82) is 0 Å². The summed E-state index contributed by atoms with van der Waals surface area (Å²) in [6.45, 7) is 5.60. The number of amides is 3. The van der Waals surface area contributed by atoms with Gasteiger partial charge in [-0.05, 0) is 74.1 Å². The molecule has 1 heterocycles. The summed E-state index contributed by atoms with van der Waals surface area (Å²) in [6.07, 6.45) is 5.43. The van der Waals surface area contributed by atoms with Crippen LogP contribution in [-0.2, 0) is 14.4 Å². The highest BCUT2D eigenvalue weighted by Gasteiger charge is 2.67. The molecule has 5 heteroatoms. The maximum Gasteiger partial charge on any atom is 0.247 e. The molecule has 1 aromatic rings. The number of hydrogen-bond donors (Lipinski definition) is 1. The van der Waals surface area contributed by atoms with Crippen molar-refractivity contribution in [3.8, 4) is 0 Å². The topological polar surface area (TPSA) is 66.5 Å². The van der Waals surface area contributed by atoms with E-state index in [0.29, 0.717) is 17.5 Å². The maximum atomic E-state index is 13.1. The number of benzene rings is 1. The number of rotatable bonds is 3. The molecule has 1 aliphatic heterocycles. The smallest absolute Gasteiger partial charge is 0.247 e. The van der Waals surface area contributed by atoms with Gasteiger partial charge in [0.15, 0.2) is 0 Å². The van der Waals surface area contributed by atoms with Gasteiger partial charge >= 0.3 is 0 Å². The van der Waals surface area contributed by atoms with Crippen LogP contribution in [0.4, 0.5) is 5.69 Å². The minimum absolute atomic E-state index is 0.155. The number of imide groups is 1. The van der Waals surface area contributed by atoms with Gasteiger partial charge in [-0.3, -0.25) is 19.3 Å². The number of nitrogens with one attached hydrogen (secondary N) is 1. The molecule has 1 aromatic carbocycles. The minimum Gasteiger partial charge on any atom is -0.324 e. The highest BCUT2D eigenvalue weighted by Crippen LogP contribution is 2.65. The number of likely N-dealkylation sites (tertiary alicyclic amines) is 1. The molecule has 1 saturated heterocycles. The summed E-state index contributed by atoms with van der Waals surface area (Å²) >= 11 is 0. The summed E-state index contributed by atoms with van der Waals surface area (Å²) in [5.74, 6) is 0.360. The fourth-order valence-corrected chi connectivity index (χ4v) is 5.77. The van der Waals surface area contributed by atoms with Crippen LogP contribution in [0.3, 0.4) is 0 Å². The molecule has 0 radical (unpaired) electrons. The van der Waals surface area contributed by atoms with E-state index in [1.807, 2.05) is 32.0 Å². The third-order valence-corrected chi connectivity index (χ3v) is 6.95. The van der Waals surface area contributed by atoms with Crippen LogP contribution in [0.1, 0.15) is 24.5 Å². The molecule has 2 saturated carbocycles. The van der Waals surface area contributed by atoms with E-state index >= 15 is 0 Å². The largest absolute Gasteiger partial charge is 0.324 e. The number of anilines is 1. The highest BCUT2D eigenvalue weighted by atomic mass is 16.2. The first-order valence-electron chi connectivity index (χ1n) is 9.81. The molecular weight excluding hydrogens is 340 g/mol. The van der Waals surface area contributed by atoms with Gasteiger partial charge in [-0.2, -0.15) is 0 Å². The SMILES string of the molecule is Cc1cc(C)cc(NC(=O)[C@@H](C)N2C(=O)[C@@H]3[C@@H]4C=C[C@H]([C@H]5C[C@H]45)[C@@H]3C2=O)c1. The van der Waals surface area contributed by atoms with Crippen LogP contribution in [0.15, 0.2) is 30.4 Å². The van der Waals surface area contributed by atoms with Crippen LogP contribution < -0.4 is 5.32 Å². The minimum atomic E-state index is -0.799. The van der Waals surface area contributed by atoms with Crippen LogP contribution in [0, 0.1) is 49.4 Å². The van der Waals surface area contributed by atoms with E-state index in [-0.39, 0.29) is 41.4 Å². The molecule has 27 heavy (non-hydrogen) atoms. The van der Waals surface area contributed by atoms with Crippen LogP contribution in [0.5, 0.6) is 0 Å². The second-order valence-corrected chi connectivity index (χ2v) is 8.74. The lowest BCUT2D eigenvalue weighted by Gasteiger charge is -2.37. The van der Waals surface area contributed by atoms with Gasteiger partial charge in [-0.15, -0.1) is 0 Å². The van der Waals surface area contributed by atoms with Gasteiger partial charge in [0.25, 0.3) is 0 Å². The van der Waals surface area contributed by atoms with Crippen molar-refractivity contribution >= 4 is 23.4 Å². The Bertz CT molecular complexity index is 849. The van der Waals surface area contributed by atoms with E-state index in [0.717, 1.165) is 17.5 Å². The first kappa shape index (κ1) is 16.7. The Morgan fingerprint density at radius 3 is 2.04 bits per heavy atom. The summed E-state index contributed by atoms with van der Waals surface area (Å²) < 4.78 is 0. The molecule has 2 bridgehead atoms. The van der Waals surface area contributed by atoms with Gasteiger partial charge in [0.05, 0.1) is 11.8 Å². The quantitative estimate of drug-likeness (QED) is 0.662. The van der Waals surface area contributed by atoms with E-state index in [2.05, 4.69) is 17.5 Å². The van der Waals surface area contributed by atoms with Gasteiger partial charge in [-0.25, -0.2) is 0 Å². The fraction of sp³-hybridized carbons (Fsp3) is 0.500. The monoisotopic (exact) mass is 364 g/mol. The third kappa shape index (κ3) is 2.33. The van der Waals surface area contributed by atoms with Crippen LogP contribution in [0.25, 0.3) is 0 Å². The van der Waals surface area contributed by atoms with Gasteiger partial charge < -0.3 is 5.32 Å². The average Bonchev–Trinajstić information content (AvgIpc) is 3.38. The molecule has 5 aliphatic rings. The number of nitrogens with zero attached hydrogens (tertiary/aromatic N) is 1. The predicted molar refractivity (Wildman–Crippen MR) is 101 cm³/mol. The first-order valence-corrected chi connectivity index (χ1v) is 9.81. The summed E-state index contributed by atoms with van der Waals surface area (Å²) in [4.78, 5) is 40.2. The van der Waals surface area contributed by atoms with E-state index in [1.54, 1.807) is 6.92 Å². The maximum absolute atomic E-state index is 13.1. The standard InChI is InChI=1S/C22H24N2O3/c1-10-6-11(2)8-13(7-10)23-20(25)12(3)24-21(26)18-14-4-5-15(17-9-16(14)17)19(18)22(24)27/h4-8,12,14-19H,9H2,1-3H3,(H,23,25)/t12-,14-,15-,16-,17-,18-,19+/m1/s1. The van der Waals surface area contributed by atoms with Crippen LogP contribution >= 0.6 is 0 Å². The number of allylic oxidation sites excluding steroid dienone is 2. The molecule has 3 fully saturated rings. The second kappa shape index (κ2) is 5.54. The Hall–Kier alpha value is -2.43. The fourth-order valence-electron chi connectivity index (χ4n) is 5.77. The number of aryl methyl sites for hydroxylation is 2. The lowest BCUT2D eigenvalue weighted by atomic mass is 9.63. The van der Waals surface area contributed by atoms with E-state index in [9.17, 15) is 14.4 Å². The average molecular weight is 364 g/mol. The van der Waals surface area contributed by atoms with Gasteiger partial charge in [0.1, 0.15) is 6.04 Å². The van der Waals surface area contributed by atoms with Crippen molar-refractivity contribution < 1.29 is 14.4 Å². The predicted octanol–water partition coefficient (Wildman–Crippen LogP) is 2.68. The molecule has 5 nitrogen and oxygen atoms in total. The Labute approximate surface area is 158 Å². The number of hydrogen-bond acceptors (Lipinski definition) is 3. The zero-order chi connectivity index (χ0) is 19.0. The number of carbonyl (C=O) groups excluding carboxylic acids is 3. The summed E-state index contributed by atoms with van der Waals surface area (Å²) in [7, 11) is 0. The molecular formula is C22H24N2O3. The molecule has 7 atom stereocenters. The molecule has 0 unspecified atom stereocenters. The molecule has 6 rings (SSSR count). The molecule has 4 aliphatic carbocycles. The van der Waals surface area contributed by atoms with Gasteiger partial charge in [0.2, 0.25) is 17.7 Å². The van der Waals surface area contributed by atoms with Crippen molar-refractivity contribution in [1.82, 2.24) is 4.90 Å². The van der Waals surface area contributed by atoms with Crippen molar-refractivity contribution in [3.63, 3.8) is 0 Å². The zero-order valence-corrected chi connectivity index (χ0v) is 15.8. The zero-order valence-electron chi connectivity index (χ0n) is 15.8. The summed E-state index contributed by atoms with van der Waals surface area (Å²) in [5.41, 5.74) is 2.81. The lowest BCUT2D eigenvalue weighted by Crippen LogP contribution is -2.46. The Kier molecular flexibility index (Phi) is 3.43. The van der Waals surface area contributed by atoms with Crippen molar-refractivity contribution in [2.45, 2.75) is 33.2 Å². The second-order valence-electron chi connectivity index (χ2n) is 8.74. The van der Waals surface area contributed by atoms with Crippen molar-refractivity contribution in [3.05, 3.63) is 41.5 Å². The van der Waals surface area contributed by atoms with Crippen LogP contribution in [0.2, 0.25) is 0 Å². The normalized spacial score (nSPS) is 36.5. The van der Waals surface area contributed by atoms with Crippen molar-refractivity contribution in [2.24, 2.45) is 35.5 Å². The van der Waals surface area contributed by atoms with Crippen molar-refractivity contribution in [2.75, 3.05) is 5.32 Å². The van der Waals surface area contributed by atoms with Gasteiger partial charge in [-0.1, -0.05) is 18.2 Å². The summed E-state index contributed by atoms with van der Waals surface area (Å²) in [5, 5.41) is 2.88. The summed E-state index contributed by atoms with van der Waals surface area (Å²) in [6, 6.07) is 5.02. The Morgan fingerprint density at radius 1 is 1.00 bits per heavy atom. The lowest BCUT2D eigenvalue weighted by molar-refractivity contribution is -0.146. The first-order chi connectivity index (χ1) is 12.9. The molecule has 1 N–H and O–H groups in total. The molecule has 0 aromatic heterocycles. The number of carbonyl (C=O) groups is 3. The van der Waals surface area contributed by atoms with E-state index in [1.165, 1.54) is 4.90 Å². The molecule has 3 amide bonds. The highest BCUT2D eigenvalue weighted by molar-refractivity contribution is 6.10. The van der Waals surface area contributed by atoms with Gasteiger partial charge in [0, 0.05) is 5.69 Å². The van der Waals surface area contributed by atoms with Crippen LogP contribution in [-0.4, -0.2) is 28.7 Å². The van der Waals surface area contributed by atoms with E-state index < -0.39 is 6.04 Å². The Morgan fingerprint density at radius 2 is 1.52 bits per heavy atom. The van der Waals surface area contributed by atoms with E-state index in [4.69, 9.17) is 0 Å². The Balaban J connectivity index is 1.38.